The molecular weight excluding hydrogens is 226 g/mol. The maximum Gasteiger partial charge on any atom is 0.306 e. The van der Waals surface area contributed by atoms with Crippen LogP contribution in [0.1, 0.15) is 37.9 Å². The number of nitrogens with one attached hydrogen (secondary N) is 1. The summed E-state index contributed by atoms with van der Waals surface area (Å²) in [6.07, 6.45) is 3.01. The van der Waals surface area contributed by atoms with Gasteiger partial charge in [0, 0.05) is 24.0 Å². The van der Waals surface area contributed by atoms with Gasteiger partial charge in [0.25, 0.3) is 0 Å². The third-order valence-electron chi connectivity index (χ3n) is 2.66. The number of carbonyl (C=O) groups is 1. The van der Waals surface area contributed by atoms with Crippen molar-refractivity contribution in [1.82, 2.24) is 9.36 Å². The Morgan fingerprint density at radius 2 is 2.44 bits per heavy atom. The van der Waals surface area contributed by atoms with Gasteiger partial charge in [-0.2, -0.15) is 4.37 Å². The van der Waals surface area contributed by atoms with Gasteiger partial charge in [-0.3, -0.25) is 4.79 Å². The van der Waals surface area contributed by atoms with Gasteiger partial charge in [0.05, 0.1) is 5.92 Å². The van der Waals surface area contributed by atoms with Crippen molar-refractivity contribution in [2.24, 2.45) is 5.92 Å². The molecule has 16 heavy (non-hydrogen) atoms. The van der Waals surface area contributed by atoms with Crippen molar-refractivity contribution in [3.63, 3.8) is 0 Å². The van der Waals surface area contributed by atoms with Crippen molar-refractivity contribution in [3.8, 4) is 0 Å². The molecule has 0 aromatic carbocycles. The summed E-state index contributed by atoms with van der Waals surface area (Å²) in [4.78, 5) is 15.0. The van der Waals surface area contributed by atoms with Crippen molar-refractivity contribution in [2.45, 2.75) is 32.1 Å². The minimum Gasteiger partial charge on any atom is -0.481 e. The highest BCUT2D eigenvalue weighted by Gasteiger charge is 2.27. The smallest absolute Gasteiger partial charge is 0.306 e. The molecule has 5 nitrogen and oxygen atoms in total. The lowest BCUT2D eigenvalue weighted by atomic mass is 10.1. The van der Waals surface area contributed by atoms with Crippen LogP contribution in [-0.4, -0.2) is 27.0 Å². The molecule has 1 aliphatic carbocycles. The van der Waals surface area contributed by atoms with E-state index in [0.717, 1.165) is 11.0 Å². The summed E-state index contributed by atoms with van der Waals surface area (Å²) in [6, 6.07) is 0. The monoisotopic (exact) mass is 241 g/mol. The van der Waals surface area contributed by atoms with Crippen LogP contribution in [0.25, 0.3) is 0 Å². The number of anilines is 1. The Hall–Kier alpha value is -1.17. The molecule has 1 saturated carbocycles. The highest BCUT2D eigenvalue weighted by atomic mass is 32.1. The largest absolute Gasteiger partial charge is 0.481 e. The van der Waals surface area contributed by atoms with Gasteiger partial charge >= 0.3 is 5.97 Å². The van der Waals surface area contributed by atoms with E-state index in [0.29, 0.717) is 18.9 Å². The average Bonchev–Trinajstić information content (AvgIpc) is 2.99. The van der Waals surface area contributed by atoms with Crippen molar-refractivity contribution < 1.29 is 9.90 Å². The Morgan fingerprint density at radius 3 is 3.06 bits per heavy atom. The molecule has 0 bridgehead atoms. The predicted octanol–water partition coefficient (Wildman–Crippen LogP) is 1.94. The first-order valence-corrected chi connectivity index (χ1v) is 6.24. The van der Waals surface area contributed by atoms with Crippen LogP contribution in [0.2, 0.25) is 0 Å². The Labute approximate surface area is 98.1 Å². The van der Waals surface area contributed by atoms with E-state index in [1.807, 2.05) is 0 Å². The summed E-state index contributed by atoms with van der Waals surface area (Å²) in [5.74, 6) is 0.449. The third kappa shape index (κ3) is 2.91. The molecular formula is C10H15N3O2S. The molecule has 0 amide bonds. The maximum absolute atomic E-state index is 10.6. The number of hydrogen-bond acceptors (Lipinski definition) is 5. The topological polar surface area (TPSA) is 75.1 Å². The van der Waals surface area contributed by atoms with Crippen LogP contribution in [0, 0.1) is 5.92 Å². The van der Waals surface area contributed by atoms with Crippen molar-refractivity contribution >= 4 is 22.6 Å². The van der Waals surface area contributed by atoms with Gasteiger partial charge in [0.15, 0.2) is 0 Å². The molecule has 1 aromatic rings. The second-order valence-electron chi connectivity index (χ2n) is 4.19. The van der Waals surface area contributed by atoms with E-state index < -0.39 is 5.97 Å². The number of hydrogen-bond donors (Lipinski definition) is 2. The molecule has 1 heterocycles. The van der Waals surface area contributed by atoms with Gasteiger partial charge in [0.2, 0.25) is 5.13 Å². The lowest BCUT2D eigenvalue weighted by Gasteiger charge is -2.05. The Kier molecular flexibility index (Phi) is 3.38. The van der Waals surface area contributed by atoms with Gasteiger partial charge < -0.3 is 10.4 Å². The first-order chi connectivity index (χ1) is 7.66. The second kappa shape index (κ2) is 4.78. The minimum absolute atomic E-state index is 0.316. The SMILES string of the molecule is CC(CCNc1nc(C2CC2)ns1)C(=O)O. The summed E-state index contributed by atoms with van der Waals surface area (Å²) in [5.41, 5.74) is 0. The van der Waals surface area contributed by atoms with Gasteiger partial charge in [-0.1, -0.05) is 6.92 Å². The van der Waals surface area contributed by atoms with Crippen LogP contribution in [0.4, 0.5) is 5.13 Å². The molecule has 88 valence electrons. The Balaban J connectivity index is 1.74. The fraction of sp³-hybridized carbons (Fsp3) is 0.700. The molecule has 6 heteroatoms. The highest BCUT2D eigenvalue weighted by Crippen LogP contribution is 2.39. The quantitative estimate of drug-likeness (QED) is 0.796. The van der Waals surface area contributed by atoms with Crippen LogP contribution >= 0.6 is 11.5 Å². The van der Waals surface area contributed by atoms with E-state index in [2.05, 4.69) is 14.7 Å². The van der Waals surface area contributed by atoms with E-state index in [1.165, 1.54) is 24.4 Å². The zero-order chi connectivity index (χ0) is 11.5. The van der Waals surface area contributed by atoms with Crippen molar-refractivity contribution in [1.29, 1.82) is 0 Å². The van der Waals surface area contributed by atoms with Crippen LogP contribution in [0.3, 0.4) is 0 Å². The average molecular weight is 241 g/mol. The summed E-state index contributed by atoms with van der Waals surface area (Å²) in [6.45, 7) is 2.34. The van der Waals surface area contributed by atoms with E-state index >= 15 is 0 Å². The lowest BCUT2D eigenvalue weighted by Crippen LogP contribution is -2.14. The molecule has 1 aromatic heterocycles. The zero-order valence-corrected chi connectivity index (χ0v) is 9.96. The van der Waals surface area contributed by atoms with Crippen molar-refractivity contribution in [2.75, 3.05) is 11.9 Å². The van der Waals surface area contributed by atoms with Gasteiger partial charge in [-0.25, -0.2) is 4.98 Å². The fourth-order valence-electron chi connectivity index (χ4n) is 1.33. The Bertz CT molecular complexity index is 376. The van der Waals surface area contributed by atoms with E-state index in [-0.39, 0.29) is 5.92 Å². The number of aromatic nitrogens is 2. The van der Waals surface area contributed by atoms with Crippen LogP contribution in [-0.2, 0) is 4.79 Å². The van der Waals surface area contributed by atoms with Crippen LogP contribution in [0.15, 0.2) is 0 Å². The predicted molar refractivity (Wildman–Crippen MR) is 61.8 cm³/mol. The number of carboxylic acid groups (broad SMARTS) is 1. The second-order valence-corrected chi connectivity index (χ2v) is 4.94. The van der Waals surface area contributed by atoms with E-state index in [9.17, 15) is 4.79 Å². The zero-order valence-electron chi connectivity index (χ0n) is 9.14. The number of aliphatic carboxylic acids is 1. The molecule has 1 unspecified atom stereocenters. The third-order valence-corrected chi connectivity index (χ3v) is 3.35. The molecule has 2 rings (SSSR count). The number of nitrogens with zero attached hydrogens (tertiary/aromatic N) is 2. The van der Waals surface area contributed by atoms with E-state index in [1.54, 1.807) is 6.92 Å². The van der Waals surface area contributed by atoms with Gasteiger partial charge in [-0.05, 0) is 19.3 Å². The van der Waals surface area contributed by atoms with Gasteiger partial charge in [0.1, 0.15) is 5.82 Å². The molecule has 1 fully saturated rings. The molecule has 0 radical (unpaired) electrons. The van der Waals surface area contributed by atoms with E-state index in [4.69, 9.17) is 5.11 Å². The van der Waals surface area contributed by atoms with Crippen LogP contribution < -0.4 is 5.32 Å². The lowest BCUT2D eigenvalue weighted by molar-refractivity contribution is -0.141. The number of rotatable bonds is 6. The minimum atomic E-state index is -0.752. The molecule has 0 saturated heterocycles. The normalized spacial score (nSPS) is 17.1. The number of carboxylic acids is 1. The first kappa shape index (κ1) is 11.3. The van der Waals surface area contributed by atoms with Crippen LogP contribution in [0.5, 0.6) is 0 Å². The Morgan fingerprint density at radius 1 is 1.69 bits per heavy atom. The molecule has 2 N–H and O–H groups in total. The van der Waals surface area contributed by atoms with Gasteiger partial charge in [-0.15, -0.1) is 0 Å². The fourth-order valence-corrected chi connectivity index (χ4v) is 2.00. The highest BCUT2D eigenvalue weighted by molar-refractivity contribution is 7.09. The molecule has 1 aliphatic rings. The standard InChI is InChI=1S/C10H15N3O2S/c1-6(9(14)15)4-5-11-10-12-8(13-16-10)7-2-3-7/h6-7H,2-5H2,1H3,(H,14,15)(H,11,12,13). The summed E-state index contributed by atoms with van der Waals surface area (Å²) in [5, 5.41) is 12.6. The molecule has 1 atom stereocenters. The summed E-state index contributed by atoms with van der Waals surface area (Å²) in [7, 11) is 0. The molecule has 0 aliphatic heterocycles. The summed E-state index contributed by atoms with van der Waals surface area (Å²) < 4.78 is 4.26. The maximum atomic E-state index is 10.6. The summed E-state index contributed by atoms with van der Waals surface area (Å²) >= 11 is 1.36. The first-order valence-electron chi connectivity index (χ1n) is 5.47. The van der Waals surface area contributed by atoms with Crippen molar-refractivity contribution in [3.05, 3.63) is 5.82 Å². The molecule has 0 spiro atoms.